The SMILES string of the molecule is O=[N+]([O-])c1cc(/C=N\OCc2ccc(Cl)c(Cl)c2)ccc1Sc1cccc(C(F)(F)F)c1. The van der Waals surface area contributed by atoms with Crippen molar-refractivity contribution in [2.24, 2.45) is 5.16 Å². The highest BCUT2D eigenvalue weighted by molar-refractivity contribution is 7.99. The molecule has 32 heavy (non-hydrogen) atoms. The fourth-order valence-corrected chi connectivity index (χ4v) is 3.83. The van der Waals surface area contributed by atoms with Gasteiger partial charge < -0.3 is 4.84 Å². The number of hydrogen-bond donors (Lipinski definition) is 0. The van der Waals surface area contributed by atoms with Gasteiger partial charge in [0.15, 0.2) is 0 Å². The van der Waals surface area contributed by atoms with Gasteiger partial charge in [-0.15, -0.1) is 0 Å². The van der Waals surface area contributed by atoms with Crippen LogP contribution >= 0.6 is 35.0 Å². The van der Waals surface area contributed by atoms with Crippen LogP contribution in [0.1, 0.15) is 16.7 Å². The van der Waals surface area contributed by atoms with Gasteiger partial charge in [0.2, 0.25) is 0 Å². The van der Waals surface area contributed by atoms with E-state index in [1.165, 1.54) is 30.5 Å². The van der Waals surface area contributed by atoms with Crippen LogP contribution in [-0.2, 0) is 17.6 Å². The third-order valence-corrected chi connectivity index (χ3v) is 5.85. The van der Waals surface area contributed by atoms with Gasteiger partial charge in [-0.3, -0.25) is 10.1 Å². The monoisotopic (exact) mass is 500 g/mol. The highest BCUT2D eigenvalue weighted by atomic mass is 35.5. The van der Waals surface area contributed by atoms with Crippen LogP contribution in [0.3, 0.4) is 0 Å². The van der Waals surface area contributed by atoms with E-state index in [4.69, 9.17) is 28.0 Å². The van der Waals surface area contributed by atoms with E-state index in [0.717, 1.165) is 29.5 Å². The topological polar surface area (TPSA) is 64.7 Å². The number of rotatable bonds is 7. The average molecular weight is 501 g/mol. The molecule has 166 valence electrons. The predicted molar refractivity (Wildman–Crippen MR) is 118 cm³/mol. The molecule has 0 atom stereocenters. The fourth-order valence-electron chi connectivity index (χ4n) is 2.55. The van der Waals surface area contributed by atoms with E-state index in [9.17, 15) is 23.3 Å². The molecule has 0 fully saturated rings. The Hall–Kier alpha value is -2.75. The van der Waals surface area contributed by atoms with Gasteiger partial charge in [0.05, 0.1) is 31.6 Å². The molecular formula is C21H13Cl2F3N2O3S. The Kier molecular flexibility index (Phi) is 7.65. The Bertz CT molecular complexity index is 1170. The van der Waals surface area contributed by atoms with Crippen LogP contribution < -0.4 is 0 Å². The van der Waals surface area contributed by atoms with Crippen molar-refractivity contribution in [3.8, 4) is 0 Å². The highest BCUT2D eigenvalue weighted by Gasteiger charge is 2.30. The van der Waals surface area contributed by atoms with E-state index in [1.807, 2.05) is 0 Å². The molecule has 3 aromatic rings. The molecule has 0 unspecified atom stereocenters. The lowest BCUT2D eigenvalue weighted by molar-refractivity contribution is -0.387. The number of alkyl halides is 3. The van der Waals surface area contributed by atoms with Crippen LogP contribution in [0.25, 0.3) is 0 Å². The van der Waals surface area contributed by atoms with Crippen LogP contribution in [0, 0.1) is 10.1 Å². The molecule has 0 bridgehead atoms. The molecule has 3 aromatic carbocycles. The minimum Gasteiger partial charge on any atom is -0.391 e. The van der Waals surface area contributed by atoms with E-state index in [-0.39, 0.29) is 22.1 Å². The summed E-state index contributed by atoms with van der Waals surface area (Å²) in [6, 6.07) is 13.8. The number of halogens is 5. The van der Waals surface area contributed by atoms with Crippen molar-refractivity contribution in [2.45, 2.75) is 22.6 Å². The summed E-state index contributed by atoms with van der Waals surface area (Å²) < 4.78 is 38.7. The molecule has 5 nitrogen and oxygen atoms in total. The fraction of sp³-hybridized carbons (Fsp3) is 0.0952. The van der Waals surface area contributed by atoms with Crippen LogP contribution in [0.5, 0.6) is 0 Å². The maximum Gasteiger partial charge on any atom is 0.416 e. The number of hydrogen-bond acceptors (Lipinski definition) is 5. The maximum absolute atomic E-state index is 12.9. The van der Waals surface area contributed by atoms with Crippen LogP contribution in [0.4, 0.5) is 18.9 Å². The van der Waals surface area contributed by atoms with Crippen molar-refractivity contribution in [3.63, 3.8) is 0 Å². The van der Waals surface area contributed by atoms with Crippen molar-refractivity contribution in [2.75, 3.05) is 0 Å². The Morgan fingerprint density at radius 3 is 2.53 bits per heavy atom. The summed E-state index contributed by atoms with van der Waals surface area (Å²) in [6.07, 6.45) is -3.20. The minimum atomic E-state index is -4.50. The molecule has 0 amide bonds. The number of nitro groups is 1. The Balaban J connectivity index is 1.72. The highest BCUT2D eigenvalue weighted by Crippen LogP contribution is 2.38. The normalized spacial score (nSPS) is 11.7. The molecule has 0 saturated heterocycles. The first-order chi connectivity index (χ1) is 15.1. The number of nitro benzene ring substituents is 1. The van der Waals surface area contributed by atoms with Crippen LogP contribution in [0.2, 0.25) is 10.0 Å². The third-order valence-electron chi connectivity index (χ3n) is 4.06. The lowest BCUT2D eigenvalue weighted by atomic mass is 10.2. The first kappa shape index (κ1) is 23.9. The van der Waals surface area contributed by atoms with E-state index in [0.29, 0.717) is 15.6 Å². The predicted octanol–water partition coefficient (Wildman–Crippen LogP) is 7.62. The van der Waals surface area contributed by atoms with Crippen molar-refractivity contribution in [1.29, 1.82) is 0 Å². The minimum absolute atomic E-state index is 0.110. The van der Waals surface area contributed by atoms with Crippen molar-refractivity contribution >= 4 is 46.9 Å². The smallest absolute Gasteiger partial charge is 0.391 e. The maximum atomic E-state index is 12.9. The Morgan fingerprint density at radius 1 is 1.06 bits per heavy atom. The first-order valence-electron chi connectivity index (χ1n) is 8.86. The second-order valence-electron chi connectivity index (χ2n) is 6.37. The summed E-state index contributed by atoms with van der Waals surface area (Å²) in [4.78, 5) is 16.5. The molecule has 0 saturated carbocycles. The quantitative estimate of drug-likeness (QED) is 0.190. The summed E-state index contributed by atoms with van der Waals surface area (Å²) in [6.45, 7) is 0.110. The molecule has 3 rings (SSSR count). The van der Waals surface area contributed by atoms with E-state index >= 15 is 0 Å². The van der Waals surface area contributed by atoms with Crippen molar-refractivity contribution in [3.05, 3.63) is 97.5 Å². The summed E-state index contributed by atoms with van der Waals surface area (Å²) in [5, 5.41) is 16.1. The van der Waals surface area contributed by atoms with Crippen molar-refractivity contribution in [1.82, 2.24) is 0 Å². The number of oxime groups is 1. The zero-order valence-electron chi connectivity index (χ0n) is 16.0. The molecule has 0 radical (unpaired) electrons. The molecule has 11 heteroatoms. The molecule has 0 aliphatic carbocycles. The van der Waals surface area contributed by atoms with Gasteiger partial charge in [0, 0.05) is 16.5 Å². The van der Waals surface area contributed by atoms with Crippen LogP contribution in [0.15, 0.2) is 75.6 Å². The number of benzene rings is 3. The van der Waals surface area contributed by atoms with Gasteiger partial charge >= 0.3 is 6.18 Å². The molecular weight excluding hydrogens is 488 g/mol. The van der Waals surface area contributed by atoms with Gasteiger partial charge in [-0.1, -0.05) is 58.3 Å². The molecule has 0 aromatic heterocycles. The first-order valence-corrected chi connectivity index (χ1v) is 10.4. The third kappa shape index (κ3) is 6.38. The van der Waals surface area contributed by atoms with Gasteiger partial charge in [-0.25, -0.2) is 0 Å². The summed E-state index contributed by atoms with van der Waals surface area (Å²) in [5.41, 5.74) is 0.0310. The van der Waals surface area contributed by atoms with E-state index in [2.05, 4.69) is 5.16 Å². The summed E-state index contributed by atoms with van der Waals surface area (Å²) >= 11 is 12.6. The number of nitrogens with zero attached hydrogens (tertiary/aromatic N) is 2. The largest absolute Gasteiger partial charge is 0.416 e. The Morgan fingerprint density at radius 2 is 1.84 bits per heavy atom. The Labute approximate surface area is 194 Å². The van der Waals surface area contributed by atoms with E-state index in [1.54, 1.807) is 24.3 Å². The standard InChI is InChI=1S/C21H13Cl2F3N2O3S/c22-17-6-4-14(8-18(17)23)12-31-27-11-13-5-7-20(19(9-13)28(29)30)32-16-3-1-2-15(10-16)21(24,25)26/h1-11H,12H2/b27-11-. The molecule has 0 aliphatic rings. The lowest BCUT2D eigenvalue weighted by Crippen LogP contribution is -2.04. The summed E-state index contributed by atoms with van der Waals surface area (Å²) in [7, 11) is 0. The zero-order valence-corrected chi connectivity index (χ0v) is 18.3. The average Bonchev–Trinajstić information content (AvgIpc) is 2.74. The van der Waals surface area contributed by atoms with Gasteiger partial charge in [0.1, 0.15) is 6.61 Å². The molecule has 0 aliphatic heterocycles. The second-order valence-corrected chi connectivity index (χ2v) is 8.30. The molecule has 0 heterocycles. The lowest BCUT2D eigenvalue weighted by Gasteiger charge is -2.09. The van der Waals surface area contributed by atoms with Crippen LogP contribution in [-0.4, -0.2) is 11.1 Å². The van der Waals surface area contributed by atoms with Gasteiger partial charge in [-0.05, 0) is 42.0 Å². The second kappa shape index (κ2) is 10.2. The zero-order chi connectivity index (χ0) is 23.3. The van der Waals surface area contributed by atoms with Crippen molar-refractivity contribution < 1.29 is 22.9 Å². The van der Waals surface area contributed by atoms with E-state index < -0.39 is 16.7 Å². The van der Waals surface area contributed by atoms with Gasteiger partial charge in [-0.2, -0.15) is 13.2 Å². The van der Waals surface area contributed by atoms with Gasteiger partial charge in [0.25, 0.3) is 5.69 Å². The molecule has 0 N–H and O–H groups in total. The molecule has 0 spiro atoms. The summed E-state index contributed by atoms with van der Waals surface area (Å²) in [5.74, 6) is 0.